The van der Waals surface area contributed by atoms with Gasteiger partial charge < -0.3 is 14.7 Å². The number of methoxy groups -OCH3 is 1. The number of ether oxygens (including phenoxy) is 1. The van der Waals surface area contributed by atoms with Crippen molar-refractivity contribution in [1.82, 2.24) is 10.3 Å². The molecule has 1 aliphatic heterocycles. The van der Waals surface area contributed by atoms with Crippen LogP contribution in [0.5, 0.6) is 11.5 Å². The maximum absolute atomic E-state index is 12.2. The fourth-order valence-corrected chi connectivity index (χ4v) is 3.88. The van der Waals surface area contributed by atoms with Crippen LogP contribution in [-0.4, -0.2) is 56.9 Å². The fourth-order valence-electron chi connectivity index (χ4n) is 3.42. The van der Waals surface area contributed by atoms with Gasteiger partial charge >= 0.3 is 0 Å². The van der Waals surface area contributed by atoms with Crippen LogP contribution in [-0.2, 0) is 11.3 Å². The minimum absolute atomic E-state index is 0.125. The van der Waals surface area contributed by atoms with Crippen LogP contribution in [0.4, 0.5) is 0 Å². The summed E-state index contributed by atoms with van der Waals surface area (Å²) in [5, 5.41) is 15.8. The Kier molecular flexibility index (Phi) is 7.84. The number of hydrogen-bond donors (Lipinski definition) is 2. The minimum Gasteiger partial charge on any atom is -0.869 e. The first-order chi connectivity index (χ1) is 14.4. The van der Waals surface area contributed by atoms with E-state index in [1.165, 1.54) is 29.4 Å². The number of halogens is 1. The Bertz CT molecular complexity index is 894. The highest BCUT2D eigenvalue weighted by Gasteiger charge is 2.22. The van der Waals surface area contributed by atoms with E-state index in [1.807, 2.05) is 0 Å². The van der Waals surface area contributed by atoms with Gasteiger partial charge in [0.25, 0.3) is 5.91 Å². The lowest BCUT2D eigenvalue weighted by molar-refractivity contribution is -0.896. The maximum atomic E-state index is 12.2. The average Bonchev–Trinajstić information content (AvgIpc) is 2.73. The van der Waals surface area contributed by atoms with Crippen molar-refractivity contribution in [3.63, 3.8) is 0 Å². The molecule has 1 amide bonds. The lowest BCUT2D eigenvalue weighted by Crippen LogP contribution is -3.15. The lowest BCUT2D eigenvalue weighted by atomic mass is 10.1. The summed E-state index contributed by atoms with van der Waals surface area (Å²) in [5.74, 6) is -0.117. The molecule has 7 nitrogen and oxygen atoms in total. The van der Waals surface area contributed by atoms with Gasteiger partial charge in [-0.15, -0.1) is 0 Å². The van der Waals surface area contributed by atoms with Crippen LogP contribution in [0, 0.1) is 6.92 Å². The zero-order chi connectivity index (χ0) is 21.5. The van der Waals surface area contributed by atoms with E-state index in [0.29, 0.717) is 16.6 Å². The molecule has 160 valence electrons. The van der Waals surface area contributed by atoms with E-state index in [0.717, 1.165) is 32.7 Å². The molecule has 0 unspecified atom stereocenters. The number of hydrogen-bond acceptors (Lipinski definition) is 5. The van der Waals surface area contributed by atoms with E-state index in [4.69, 9.17) is 4.74 Å². The third-order valence-corrected chi connectivity index (χ3v) is 5.74. The SMILES string of the molecule is COc1cc(C=NNC(=O)C[NH+]2CCN(Cc3ccc(C)cc3)CC2)cc(Br)c1[O-]. The molecule has 0 bridgehead atoms. The van der Waals surface area contributed by atoms with Gasteiger partial charge in [-0.2, -0.15) is 5.10 Å². The van der Waals surface area contributed by atoms with E-state index in [9.17, 15) is 9.90 Å². The minimum atomic E-state index is -0.219. The van der Waals surface area contributed by atoms with Crippen LogP contribution in [0.25, 0.3) is 0 Å². The van der Waals surface area contributed by atoms with Gasteiger partial charge in [0.15, 0.2) is 6.54 Å². The van der Waals surface area contributed by atoms with Crippen LogP contribution in [0.1, 0.15) is 16.7 Å². The van der Waals surface area contributed by atoms with E-state index >= 15 is 0 Å². The summed E-state index contributed by atoms with van der Waals surface area (Å²) in [6.45, 7) is 7.23. The van der Waals surface area contributed by atoms with E-state index in [-0.39, 0.29) is 17.4 Å². The van der Waals surface area contributed by atoms with Crippen LogP contribution in [0.2, 0.25) is 0 Å². The second kappa shape index (κ2) is 10.6. The molecule has 1 heterocycles. The van der Waals surface area contributed by atoms with Crippen molar-refractivity contribution < 1.29 is 19.5 Å². The molecule has 2 aromatic carbocycles. The van der Waals surface area contributed by atoms with Gasteiger partial charge in [0.2, 0.25) is 0 Å². The van der Waals surface area contributed by atoms with E-state index < -0.39 is 0 Å². The molecule has 0 spiro atoms. The predicted octanol–water partition coefficient (Wildman–Crippen LogP) is 0.691. The Morgan fingerprint density at radius 1 is 1.30 bits per heavy atom. The first-order valence-corrected chi connectivity index (χ1v) is 10.7. The molecule has 1 saturated heterocycles. The van der Waals surface area contributed by atoms with Gasteiger partial charge in [-0.05, 0) is 30.2 Å². The smallest absolute Gasteiger partial charge is 0.295 e. The third-order valence-electron chi connectivity index (χ3n) is 5.16. The van der Waals surface area contributed by atoms with Gasteiger partial charge in [0.1, 0.15) is 5.75 Å². The molecular weight excluding hydrogens is 448 g/mol. The van der Waals surface area contributed by atoms with Crippen molar-refractivity contribution in [2.45, 2.75) is 13.5 Å². The summed E-state index contributed by atoms with van der Waals surface area (Å²) in [7, 11) is 1.44. The molecule has 0 saturated carbocycles. The lowest BCUT2D eigenvalue weighted by Gasteiger charge is -2.31. The summed E-state index contributed by atoms with van der Waals surface area (Å²) in [6, 6.07) is 11.9. The van der Waals surface area contributed by atoms with Crippen molar-refractivity contribution in [1.29, 1.82) is 0 Å². The molecule has 3 rings (SSSR count). The monoisotopic (exact) mass is 474 g/mol. The Morgan fingerprint density at radius 2 is 2.00 bits per heavy atom. The average molecular weight is 475 g/mol. The quantitative estimate of drug-likeness (QED) is 0.456. The first kappa shape index (κ1) is 22.3. The van der Waals surface area contributed by atoms with E-state index in [1.54, 1.807) is 12.1 Å². The second-order valence-corrected chi connectivity index (χ2v) is 8.37. The number of nitrogens with one attached hydrogen (secondary N) is 2. The molecule has 8 heteroatoms. The fraction of sp³-hybridized carbons (Fsp3) is 0.364. The number of hydrazone groups is 1. The topological polar surface area (TPSA) is 81.4 Å². The Hall–Kier alpha value is -2.42. The molecule has 1 fully saturated rings. The van der Waals surface area contributed by atoms with E-state index in [2.05, 4.69) is 62.5 Å². The standard InChI is InChI=1S/C22H27BrN4O3/c1-16-3-5-17(6-4-16)14-26-7-9-27(10-8-26)15-21(28)25-24-13-18-11-19(23)22(29)20(12-18)30-2/h3-6,11-13,29H,7-10,14-15H2,1-2H3,(H,25,28). The molecule has 2 aromatic rings. The summed E-state index contributed by atoms with van der Waals surface area (Å²) >= 11 is 3.20. The Morgan fingerprint density at radius 3 is 2.67 bits per heavy atom. The second-order valence-electron chi connectivity index (χ2n) is 7.52. The molecule has 30 heavy (non-hydrogen) atoms. The molecule has 0 aromatic heterocycles. The van der Waals surface area contributed by atoms with Crippen LogP contribution >= 0.6 is 15.9 Å². The summed E-state index contributed by atoms with van der Waals surface area (Å²) in [5.41, 5.74) is 5.83. The van der Waals surface area contributed by atoms with Crippen molar-refractivity contribution >= 4 is 28.1 Å². The van der Waals surface area contributed by atoms with Crippen LogP contribution in [0.15, 0.2) is 46.0 Å². The van der Waals surface area contributed by atoms with Gasteiger partial charge in [0.05, 0.1) is 26.4 Å². The van der Waals surface area contributed by atoms with Crippen molar-refractivity contribution in [3.05, 3.63) is 57.6 Å². The number of piperazine rings is 1. The number of carbonyl (C=O) groups is 1. The van der Waals surface area contributed by atoms with Crippen molar-refractivity contribution in [3.8, 4) is 11.5 Å². The molecule has 2 N–H and O–H groups in total. The van der Waals surface area contributed by atoms with Gasteiger partial charge in [-0.1, -0.05) is 51.5 Å². The van der Waals surface area contributed by atoms with Crippen molar-refractivity contribution in [2.24, 2.45) is 5.10 Å². The Labute approximate surface area is 185 Å². The first-order valence-electron chi connectivity index (χ1n) is 9.92. The van der Waals surface area contributed by atoms with Crippen LogP contribution < -0.4 is 20.2 Å². The number of nitrogens with zero attached hydrogens (tertiary/aromatic N) is 2. The summed E-state index contributed by atoms with van der Waals surface area (Å²) in [6.07, 6.45) is 1.50. The molecule has 0 radical (unpaired) electrons. The largest absolute Gasteiger partial charge is 0.869 e. The highest BCUT2D eigenvalue weighted by molar-refractivity contribution is 9.10. The van der Waals surface area contributed by atoms with Crippen molar-refractivity contribution in [2.75, 3.05) is 39.8 Å². The summed E-state index contributed by atoms with van der Waals surface area (Å²) in [4.78, 5) is 15.9. The number of carbonyl (C=O) groups excluding carboxylic acids is 1. The number of quaternary nitrogens is 1. The molecule has 0 aliphatic carbocycles. The molecule has 0 atom stereocenters. The Balaban J connectivity index is 1.42. The highest BCUT2D eigenvalue weighted by atomic mass is 79.9. The normalized spacial score (nSPS) is 15.4. The van der Waals surface area contributed by atoms with Crippen LogP contribution in [0.3, 0.4) is 0 Å². The van der Waals surface area contributed by atoms with Gasteiger partial charge in [-0.25, -0.2) is 5.43 Å². The summed E-state index contributed by atoms with van der Waals surface area (Å²) < 4.78 is 5.44. The molecule has 1 aliphatic rings. The third kappa shape index (κ3) is 6.29. The number of aryl methyl sites for hydroxylation is 1. The number of amides is 1. The number of rotatable bonds is 7. The molecular formula is C22H27BrN4O3. The van der Waals surface area contributed by atoms with Gasteiger partial charge in [0, 0.05) is 24.1 Å². The zero-order valence-electron chi connectivity index (χ0n) is 17.3. The van der Waals surface area contributed by atoms with Gasteiger partial charge in [-0.3, -0.25) is 9.69 Å². The maximum Gasteiger partial charge on any atom is 0.295 e. The zero-order valence-corrected chi connectivity index (χ0v) is 18.9. The highest BCUT2D eigenvalue weighted by Crippen LogP contribution is 2.32. The number of benzene rings is 2. The predicted molar refractivity (Wildman–Crippen MR) is 118 cm³/mol.